The number of ether oxygens (including phenoxy) is 1. The van der Waals surface area contributed by atoms with Crippen LogP contribution in [0.2, 0.25) is 0 Å². The quantitative estimate of drug-likeness (QED) is 0.603. The molecule has 3 N–H and O–H groups in total. The van der Waals surface area contributed by atoms with Gasteiger partial charge in [-0.15, -0.1) is 0 Å². The van der Waals surface area contributed by atoms with Gasteiger partial charge in [-0.1, -0.05) is 17.3 Å². The molecule has 0 atom stereocenters. The van der Waals surface area contributed by atoms with Crippen LogP contribution in [0.3, 0.4) is 0 Å². The van der Waals surface area contributed by atoms with Crippen molar-refractivity contribution in [1.29, 1.82) is 0 Å². The van der Waals surface area contributed by atoms with Crippen LogP contribution < -0.4 is 10.5 Å². The first-order chi connectivity index (χ1) is 8.22. The fourth-order valence-electron chi connectivity index (χ4n) is 1.97. The number of carbonyl (C=O) groups is 1. The number of carbonyl (C=O) groups excluding carboxylic acids is 1. The molecule has 0 bridgehead atoms. The van der Waals surface area contributed by atoms with Gasteiger partial charge >= 0.3 is 0 Å². The summed E-state index contributed by atoms with van der Waals surface area (Å²) in [7, 11) is 0. The summed E-state index contributed by atoms with van der Waals surface area (Å²) in [5, 5.41) is 12.1. The molecule has 17 heavy (non-hydrogen) atoms. The molecule has 0 aromatic heterocycles. The Morgan fingerprint density at radius 1 is 1.47 bits per heavy atom. The molecule has 0 saturated heterocycles. The van der Waals surface area contributed by atoms with Crippen LogP contribution in [0.15, 0.2) is 23.4 Å². The Morgan fingerprint density at radius 3 is 3.00 bits per heavy atom. The second-order valence-corrected chi connectivity index (χ2v) is 3.89. The number of hydrogen-bond donors (Lipinski definition) is 2. The molecule has 2 rings (SSSR count). The van der Waals surface area contributed by atoms with Crippen molar-refractivity contribution in [2.45, 2.75) is 19.3 Å². The van der Waals surface area contributed by atoms with Gasteiger partial charge in [0, 0.05) is 11.1 Å². The minimum absolute atomic E-state index is 0.199. The van der Waals surface area contributed by atoms with Crippen molar-refractivity contribution < 1.29 is 14.7 Å². The Bertz CT molecular complexity index is 469. The van der Waals surface area contributed by atoms with E-state index in [4.69, 9.17) is 15.7 Å². The highest BCUT2D eigenvalue weighted by molar-refractivity contribution is 6.04. The third-order valence-corrected chi connectivity index (χ3v) is 2.78. The Kier molecular flexibility index (Phi) is 3.27. The summed E-state index contributed by atoms with van der Waals surface area (Å²) in [6, 6.07) is 5.59. The maximum Gasteiger partial charge on any atom is 0.220 e. The molecule has 1 aliphatic carbocycles. The lowest BCUT2D eigenvalue weighted by atomic mass is 10.1. The zero-order chi connectivity index (χ0) is 12.3. The highest BCUT2D eigenvalue weighted by Crippen LogP contribution is 2.30. The van der Waals surface area contributed by atoms with Crippen molar-refractivity contribution in [3.63, 3.8) is 0 Å². The Labute approximate surface area is 98.9 Å². The molecule has 5 heteroatoms. The fraction of sp³-hybridized carbons (Fsp3) is 0.333. The number of nitrogens with two attached hydrogens (primary N) is 1. The lowest BCUT2D eigenvalue weighted by Crippen LogP contribution is -2.14. The second kappa shape index (κ2) is 4.86. The van der Waals surface area contributed by atoms with Crippen molar-refractivity contribution in [2.24, 2.45) is 10.9 Å². The number of amides is 1. The van der Waals surface area contributed by atoms with E-state index >= 15 is 0 Å². The molecule has 0 saturated carbocycles. The van der Waals surface area contributed by atoms with Crippen molar-refractivity contribution in [1.82, 2.24) is 0 Å². The zero-order valence-corrected chi connectivity index (χ0v) is 9.35. The molecule has 0 unspecified atom stereocenters. The summed E-state index contributed by atoms with van der Waals surface area (Å²) >= 11 is 0. The number of rotatable bonds is 4. The molecule has 0 spiro atoms. The molecular formula is C12H14N2O3. The predicted molar refractivity (Wildman–Crippen MR) is 62.4 cm³/mol. The van der Waals surface area contributed by atoms with Crippen LogP contribution in [-0.4, -0.2) is 23.4 Å². The van der Waals surface area contributed by atoms with Crippen LogP contribution in [0.25, 0.3) is 0 Å². The fourth-order valence-corrected chi connectivity index (χ4v) is 1.97. The van der Waals surface area contributed by atoms with Crippen molar-refractivity contribution in [3.8, 4) is 5.75 Å². The summed E-state index contributed by atoms with van der Waals surface area (Å²) in [4.78, 5) is 10.6. The van der Waals surface area contributed by atoms with Crippen molar-refractivity contribution >= 4 is 11.6 Å². The molecule has 1 aromatic rings. The predicted octanol–water partition coefficient (Wildman–Crippen LogP) is 1.07. The molecule has 1 aromatic carbocycles. The summed E-state index contributed by atoms with van der Waals surface area (Å²) in [5.74, 6) is 0.359. The molecule has 5 nitrogen and oxygen atoms in total. The van der Waals surface area contributed by atoms with Gasteiger partial charge < -0.3 is 15.7 Å². The van der Waals surface area contributed by atoms with Gasteiger partial charge in [-0.2, -0.15) is 0 Å². The van der Waals surface area contributed by atoms with E-state index in [0.29, 0.717) is 12.1 Å². The number of oxime groups is 1. The highest BCUT2D eigenvalue weighted by Gasteiger charge is 2.21. The SMILES string of the molecule is NC(=O)CCOc1cccc2c1CC/C2=N\O. The maximum absolute atomic E-state index is 10.6. The smallest absolute Gasteiger partial charge is 0.220 e. The third kappa shape index (κ3) is 2.38. The zero-order valence-electron chi connectivity index (χ0n) is 9.35. The van der Waals surface area contributed by atoms with Gasteiger partial charge in [0.15, 0.2) is 0 Å². The molecule has 90 valence electrons. The minimum Gasteiger partial charge on any atom is -0.493 e. The van der Waals surface area contributed by atoms with E-state index < -0.39 is 0 Å². The molecule has 0 radical (unpaired) electrons. The van der Waals surface area contributed by atoms with Gasteiger partial charge in [-0.25, -0.2) is 0 Å². The van der Waals surface area contributed by atoms with Crippen molar-refractivity contribution in [3.05, 3.63) is 29.3 Å². The molecular weight excluding hydrogens is 220 g/mol. The van der Waals surface area contributed by atoms with E-state index in [-0.39, 0.29) is 18.9 Å². The first kappa shape index (κ1) is 11.4. The van der Waals surface area contributed by atoms with E-state index in [2.05, 4.69) is 5.16 Å². The van der Waals surface area contributed by atoms with Gasteiger partial charge in [0.25, 0.3) is 0 Å². The first-order valence-electron chi connectivity index (χ1n) is 5.46. The lowest BCUT2D eigenvalue weighted by molar-refractivity contribution is -0.118. The van der Waals surface area contributed by atoms with Gasteiger partial charge in [0.2, 0.25) is 5.91 Å². The van der Waals surface area contributed by atoms with Crippen LogP contribution >= 0.6 is 0 Å². The normalized spacial score (nSPS) is 15.9. The average Bonchev–Trinajstić information content (AvgIpc) is 2.72. The summed E-state index contributed by atoms with van der Waals surface area (Å²) in [6.45, 7) is 0.275. The Hall–Kier alpha value is -2.04. The van der Waals surface area contributed by atoms with Crippen LogP contribution in [0, 0.1) is 0 Å². The van der Waals surface area contributed by atoms with E-state index in [0.717, 1.165) is 23.3 Å². The van der Waals surface area contributed by atoms with E-state index in [9.17, 15) is 4.79 Å². The van der Waals surface area contributed by atoms with E-state index in [1.807, 2.05) is 18.2 Å². The summed E-state index contributed by atoms with van der Waals surface area (Å²) in [5.41, 5.74) is 7.68. The lowest BCUT2D eigenvalue weighted by Gasteiger charge is -2.09. The molecule has 1 amide bonds. The standard InChI is InChI=1S/C12H14N2O3/c13-12(15)6-7-17-11-3-1-2-8-9(11)4-5-10(8)14-16/h1-3,16H,4-7H2,(H2,13,15)/b14-10+. The molecule has 1 aliphatic rings. The highest BCUT2D eigenvalue weighted by atomic mass is 16.5. The van der Waals surface area contributed by atoms with Crippen LogP contribution in [0.5, 0.6) is 5.75 Å². The van der Waals surface area contributed by atoms with Crippen LogP contribution in [-0.2, 0) is 11.2 Å². The average molecular weight is 234 g/mol. The number of benzene rings is 1. The molecule has 0 heterocycles. The minimum atomic E-state index is -0.379. The topological polar surface area (TPSA) is 84.9 Å². The number of hydrogen-bond acceptors (Lipinski definition) is 4. The van der Waals surface area contributed by atoms with Crippen molar-refractivity contribution in [2.75, 3.05) is 6.61 Å². The second-order valence-electron chi connectivity index (χ2n) is 3.89. The Balaban J connectivity index is 2.15. The van der Waals surface area contributed by atoms with Crippen LogP contribution in [0.4, 0.5) is 0 Å². The first-order valence-corrected chi connectivity index (χ1v) is 5.46. The third-order valence-electron chi connectivity index (χ3n) is 2.78. The molecule has 0 fully saturated rings. The van der Waals surface area contributed by atoms with Crippen LogP contribution in [0.1, 0.15) is 24.0 Å². The summed E-state index contributed by atoms with van der Waals surface area (Å²) < 4.78 is 5.52. The van der Waals surface area contributed by atoms with Gasteiger partial charge in [0.05, 0.1) is 18.7 Å². The Morgan fingerprint density at radius 2 is 2.29 bits per heavy atom. The van der Waals surface area contributed by atoms with E-state index in [1.165, 1.54) is 0 Å². The summed E-state index contributed by atoms with van der Waals surface area (Å²) in [6.07, 6.45) is 1.70. The number of fused-ring (bicyclic) bond motifs is 1. The van der Waals surface area contributed by atoms with Gasteiger partial charge in [-0.3, -0.25) is 4.79 Å². The largest absolute Gasteiger partial charge is 0.493 e. The van der Waals surface area contributed by atoms with Gasteiger partial charge in [0.1, 0.15) is 5.75 Å². The number of nitrogens with zero attached hydrogens (tertiary/aromatic N) is 1. The van der Waals surface area contributed by atoms with E-state index in [1.54, 1.807) is 0 Å². The maximum atomic E-state index is 10.6. The number of primary amides is 1. The molecule has 0 aliphatic heterocycles. The van der Waals surface area contributed by atoms with Gasteiger partial charge in [-0.05, 0) is 18.9 Å². The monoisotopic (exact) mass is 234 g/mol.